The van der Waals surface area contributed by atoms with Crippen LogP contribution < -0.4 is 0 Å². The Balaban J connectivity index is 3.10. The van der Waals surface area contributed by atoms with E-state index in [0.29, 0.717) is 12.2 Å². The second kappa shape index (κ2) is 13.3. The van der Waals surface area contributed by atoms with Crippen molar-refractivity contribution in [1.29, 1.82) is 0 Å². The smallest absolute Gasteiger partial charge is 0.333 e. The molecule has 0 aliphatic rings. The van der Waals surface area contributed by atoms with Gasteiger partial charge in [-0.05, 0) is 13.3 Å². The first kappa shape index (κ1) is 19.3. The van der Waals surface area contributed by atoms with Crippen LogP contribution in [0.5, 0.6) is 0 Å². The van der Waals surface area contributed by atoms with Gasteiger partial charge in [-0.25, -0.2) is 13.6 Å². The Kier molecular flexibility index (Phi) is 12.8. The lowest BCUT2D eigenvalue weighted by Crippen LogP contribution is -2.05. The van der Waals surface area contributed by atoms with Crippen LogP contribution in [0.3, 0.4) is 0 Å². The van der Waals surface area contributed by atoms with E-state index in [1.165, 1.54) is 12.8 Å². The van der Waals surface area contributed by atoms with Crippen molar-refractivity contribution in [2.45, 2.75) is 70.4 Å². The minimum atomic E-state index is -2.01. The Morgan fingerprint density at radius 1 is 1.05 bits per heavy atom. The molecule has 0 aliphatic carbocycles. The Labute approximate surface area is 123 Å². The highest BCUT2D eigenvalue weighted by atomic mass is 28.2. The molecule has 0 saturated heterocycles. The summed E-state index contributed by atoms with van der Waals surface area (Å²) < 4.78 is 28.9. The molecular weight excluding hydrogens is 278 g/mol. The molecule has 0 aromatic carbocycles. The molecule has 5 heteroatoms. The monoisotopic (exact) mass is 306 g/mol. The van der Waals surface area contributed by atoms with Crippen LogP contribution in [0.4, 0.5) is 8.78 Å². The highest BCUT2D eigenvalue weighted by molar-refractivity contribution is 6.36. The second-order valence-corrected chi connectivity index (χ2v) is 7.18. The number of carbonyl (C=O) groups is 1. The van der Waals surface area contributed by atoms with Crippen LogP contribution in [-0.2, 0) is 9.53 Å². The number of ether oxygens (including phenoxy) is 1. The van der Waals surface area contributed by atoms with E-state index in [1.807, 2.05) is 0 Å². The fraction of sp³-hybridized carbons (Fsp3) is 0.800. The number of alkyl halides is 2. The Morgan fingerprint density at radius 2 is 1.55 bits per heavy atom. The summed E-state index contributed by atoms with van der Waals surface area (Å²) in [6.45, 7) is 5.64. The zero-order chi connectivity index (χ0) is 15.2. The first-order valence-electron chi connectivity index (χ1n) is 7.65. The first-order valence-corrected chi connectivity index (χ1v) is 9.46. The fourth-order valence-electron chi connectivity index (χ4n) is 1.93. The molecule has 0 bridgehead atoms. The van der Waals surface area contributed by atoms with Crippen molar-refractivity contribution in [3.05, 3.63) is 12.2 Å². The normalized spacial score (nSPS) is 11.4. The minimum absolute atomic E-state index is 0.308. The zero-order valence-corrected chi connectivity index (χ0v) is 14.0. The van der Waals surface area contributed by atoms with Gasteiger partial charge in [-0.3, -0.25) is 0 Å². The molecule has 0 rings (SSSR count). The van der Waals surface area contributed by atoms with Crippen LogP contribution in [0.15, 0.2) is 12.2 Å². The molecule has 0 fully saturated rings. The van der Waals surface area contributed by atoms with Crippen molar-refractivity contribution in [2.24, 2.45) is 0 Å². The highest BCUT2D eigenvalue weighted by Gasteiger charge is 2.02. The number of hydrogen-bond acceptors (Lipinski definition) is 2. The quantitative estimate of drug-likeness (QED) is 0.222. The van der Waals surface area contributed by atoms with Crippen LogP contribution in [0, 0.1) is 0 Å². The van der Waals surface area contributed by atoms with Crippen molar-refractivity contribution >= 4 is 15.5 Å². The lowest BCUT2D eigenvalue weighted by molar-refractivity contribution is -0.139. The van der Waals surface area contributed by atoms with Gasteiger partial charge in [0.2, 0.25) is 6.05 Å². The van der Waals surface area contributed by atoms with Gasteiger partial charge in [-0.1, -0.05) is 57.6 Å². The molecule has 0 amide bonds. The third kappa shape index (κ3) is 13.7. The summed E-state index contributed by atoms with van der Waals surface area (Å²) >= 11 is 0. The van der Waals surface area contributed by atoms with E-state index in [2.05, 4.69) is 6.58 Å². The summed E-state index contributed by atoms with van der Waals surface area (Å²) in [7, 11) is -1.10. The summed E-state index contributed by atoms with van der Waals surface area (Å²) in [6.07, 6.45) is 8.71. The number of unbranched alkanes of at least 4 members (excludes halogenated alkanes) is 7. The Morgan fingerprint density at radius 3 is 2.05 bits per heavy atom. The molecule has 0 aliphatic heterocycles. The Hall–Kier alpha value is -0.713. The van der Waals surface area contributed by atoms with E-state index >= 15 is 0 Å². The fourth-order valence-corrected chi connectivity index (χ4v) is 2.88. The van der Waals surface area contributed by atoms with E-state index in [4.69, 9.17) is 4.74 Å². The van der Waals surface area contributed by atoms with E-state index in [1.54, 1.807) is 6.92 Å². The van der Waals surface area contributed by atoms with Gasteiger partial charge in [0.05, 0.1) is 6.61 Å². The van der Waals surface area contributed by atoms with E-state index < -0.39 is 15.6 Å². The van der Waals surface area contributed by atoms with Crippen LogP contribution in [0.25, 0.3) is 0 Å². The SMILES string of the molecule is C=C(C)C(=O)OCCCCCCCCCC[SiH2]C(F)F. The summed E-state index contributed by atoms with van der Waals surface area (Å²) in [5.41, 5.74) is 0.444. The number of esters is 1. The van der Waals surface area contributed by atoms with E-state index in [9.17, 15) is 13.6 Å². The topological polar surface area (TPSA) is 26.3 Å². The van der Waals surface area contributed by atoms with Gasteiger partial charge in [0.25, 0.3) is 0 Å². The van der Waals surface area contributed by atoms with Crippen molar-refractivity contribution in [3.8, 4) is 0 Å². The maximum atomic E-state index is 11.9. The van der Waals surface area contributed by atoms with E-state index in [0.717, 1.165) is 44.6 Å². The molecule has 0 radical (unpaired) electrons. The van der Waals surface area contributed by atoms with Crippen molar-refractivity contribution in [3.63, 3.8) is 0 Å². The zero-order valence-electron chi connectivity index (χ0n) is 12.6. The standard InChI is InChI=1S/C15H28F2O2Si/c1-13(2)14(18)19-11-9-7-5-3-4-6-8-10-12-20-15(16)17/h15H,1,3-12,20H2,2H3. The average molecular weight is 306 g/mol. The van der Waals surface area contributed by atoms with Crippen molar-refractivity contribution in [2.75, 3.05) is 6.61 Å². The molecular formula is C15H28F2O2Si. The molecule has 0 aromatic rings. The molecule has 0 N–H and O–H groups in total. The third-order valence-electron chi connectivity index (χ3n) is 3.15. The predicted octanol–water partition coefficient (Wildman–Crippen LogP) is 4.04. The first-order chi connectivity index (χ1) is 9.54. The molecule has 20 heavy (non-hydrogen) atoms. The lowest BCUT2D eigenvalue weighted by atomic mass is 10.1. The van der Waals surface area contributed by atoms with Gasteiger partial charge in [-0.15, -0.1) is 0 Å². The van der Waals surface area contributed by atoms with Crippen LogP contribution >= 0.6 is 0 Å². The summed E-state index contributed by atoms with van der Waals surface area (Å²) in [4.78, 5) is 11.1. The van der Waals surface area contributed by atoms with Gasteiger partial charge < -0.3 is 4.74 Å². The Bertz CT molecular complexity index is 271. The number of halogens is 2. The summed E-state index contributed by atoms with van der Waals surface area (Å²) in [6, 6.07) is -1.22. The van der Waals surface area contributed by atoms with Gasteiger partial charge >= 0.3 is 5.97 Å². The second-order valence-electron chi connectivity index (χ2n) is 5.28. The highest BCUT2D eigenvalue weighted by Crippen LogP contribution is 2.10. The van der Waals surface area contributed by atoms with Gasteiger partial charge in [0.15, 0.2) is 0 Å². The van der Waals surface area contributed by atoms with Crippen molar-refractivity contribution in [1.82, 2.24) is 0 Å². The van der Waals surface area contributed by atoms with Gasteiger partial charge in [0.1, 0.15) is 9.52 Å². The molecule has 0 heterocycles. The number of hydrogen-bond donors (Lipinski definition) is 0. The molecule has 0 unspecified atom stereocenters. The average Bonchev–Trinajstić information content (AvgIpc) is 2.39. The number of rotatable bonds is 13. The maximum absolute atomic E-state index is 11.9. The molecule has 118 valence electrons. The molecule has 0 spiro atoms. The summed E-state index contributed by atoms with van der Waals surface area (Å²) in [5.74, 6) is -0.308. The van der Waals surface area contributed by atoms with Crippen LogP contribution in [0.1, 0.15) is 58.3 Å². The number of carbonyl (C=O) groups excluding carboxylic acids is 1. The summed E-state index contributed by atoms with van der Waals surface area (Å²) in [5, 5.41) is 0. The lowest BCUT2D eigenvalue weighted by Gasteiger charge is -2.04. The molecule has 0 aromatic heterocycles. The predicted molar refractivity (Wildman–Crippen MR) is 82.1 cm³/mol. The van der Waals surface area contributed by atoms with Gasteiger partial charge in [-0.2, -0.15) is 0 Å². The van der Waals surface area contributed by atoms with Crippen LogP contribution in [-0.4, -0.2) is 28.1 Å². The maximum Gasteiger partial charge on any atom is 0.333 e. The van der Waals surface area contributed by atoms with Crippen molar-refractivity contribution < 1.29 is 18.3 Å². The third-order valence-corrected chi connectivity index (χ3v) is 4.49. The largest absolute Gasteiger partial charge is 0.462 e. The van der Waals surface area contributed by atoms with Crippen LogP contribution in [0.2, 0.25) is 6.04 Å². The molecule has 2 nitrogen and oxygen atoms in total. The molecule has 0 atom stereocenters. The molecule has 0 saturated carbocycles. The minimum Gasteiger partial charge on any atom is -0.462 e. The van der Waals surface area contributed by atoms with E-state index in [-0.39, 0.29) is 5.97 Å². The van der Waals surface area contributed by atoms with Gasteiger partial charge in [0, 0.05) is 5.57 Å².